The van der Waals surface area contributed by atoms with Gasteiger partial charge in [-0.15, -0.1) is 0 Å². The van der Waals surface area contributed by atoms with Gasteiger partial charge in [0.05, 0.1) is 6.61 Å². The van der Waals surface area contributed by atoms with Gasteiger partial charge in [0.15, 0.2) is 0 Å². The third-order valence-corrected chi connectivity index (χ3v) is 1.24. The van der Waals surface area contributed by atoms with Crippen LogP contribution < -0.4 is 0 Å². The summed E-state index contributed by atoms with van der Waals surface area (Å²) >= 11 is 0. The molecule has 0 amide bonds. The Kier molecular flexibility index (Phi) is 4.86. The highest BCUT2D eigenvalue weighted by Gasteiger charge is 2.18. The van der Waals surface area contributed by atoms with Crippen LogP contribution in [0.3, 0.4) is 0 Å². The molecule has 0 aliphatic carbocycles. The van der Waals surface area contributed by atoms with Crippen LogP contribution >= 0.6 is 0 Å². The van der Waals surface area contributed by atoms with E-state index in [-0.39, 0.29) is 0 Å². The standard InChI is InChI=1S/C8H15O3/c1-4-5-6-10-8(2,3)11-7-9/h4-6H2,1-3H3. The summed E-state index contributed by atoms with van der Waals surface area (Å²) in [6.07, 6.45) is 2.05. The number of carbonyl (C=O) groups excluding carboxylic acids is 1. The molecule has 1 radical (unpaired) electrons. The topological polar surface area (TPSA) is 35.5 Å². The third kappa shape index (κ3) is 5.85. The SMILES string of the molecule is CCCCOC(C)(C)O[C]=O. The van der Waals surface area contributed by atoms with E-state index < -0.39 is 5.79 Å². The summed E-state index contributed by atoms with van der Waals surface area (Å²) in [4.78, 5) is 9.83. The first-order valence-electron chi connectivity index (χ1n) is 3.81. The van der Waals surface area contributed by atoms with Gasteiger partial charge in [0.1, 0.15) is 0 Å². The van der Waals surface area contributed by atoms with E-state index in [1.807, 2.05) is 0 Å². The molecule has 0 saturated heterocycles. The zero-order valence-corrected chi connectivity index (χ0v) is 7.35. The van der Waals surface area contributed by atoms with Crippen molar-refractivity contribution in [3.63, 3.8) is 0 Å². The van der Waals surface area contributed by atoms with Gasteiger partial charge in [0.25, 0.3) is 0 Å². The number of hydrogen-bond donors (Lipinski definition) is 0. The van der Waals surface area contributed by atoms with Gasteiger partial charge in [0, 0.05) is 13.8 Å². The molecule has 0 heterocycles. The Labute approximate surface area is 67.7 Å². The van der Waals surface area contributed by atoms with Gasteiger partial charge in [-0.05, 0) is 6.42 Å². The molecule has 0 atom stereocenters. The quantitative estimate of drug-likeness (QED) is 0.436. The zero-order valence-electron chi connectivity index (χ0n) is 7.35. The van der Waals surface area contributed by atoms with E-state index in [0.29, 0.717) is 6.61 Å². The highest BCUT2D eigenvalue weighted by atomic mass is 16.7. The molecule has 3 nitrogen and oxygen atoms in total. The molecule has 0 aromatic carbocycles. The molecule has 0 aromatic rings. The summed E-state index contributed by atoms with van der Waals surface area (Å²) in [5, 5.41) is 0. The molecule has 0 aromatic heterocycles. The Hall–Kier alpha value is -0.570. The van der Waals surface area contributed by atoms with Crippen molar-refractivity contribution >= 4 is 6.47 Å². The number of unbranched alkanes of at least 4 members (excludes halogenated alkanes) is 1. The van der Waals surface area contributed by atoms with E-state index in [0.717, 1.165) is 12.8 Å². The van der Waals surface area contributed by atoms with Crippen molar-refractivity contribution in [1.29, 1.82) is 0 Å². The van der Waals surface area contributed by atoms with Crippen molar-refractivity contribution < 1.29 is 14.3 Å². The second kappa shape index (κ2) is 5.13. The first kappa shape index (κ1) is 10.4. The molecule has 0 aliphatic rings. The normalized spacial score (nSPS) is 11.2. The van der Waals surface area contributed by atoms with Crippen molar-refractivity contribution in [2.75, 3.05) is 6.61 Å². The Bertz CT molecular complexity index is 110. The maximum atomic E-state index is 9.83. The molecule has 0 N–H and O–H groups in total. The molecule has 3 heteroatoms. The van der Waals surface area contributed by atoms with Gasteiger partial charge in [-0.25, -0.2) is 4.79 Å². The number of hydrogen-bond acceptors (Lipinski definition) is 3. The minimum atomic E-state index is -0.822. The molecule has 0 aliphatic heterocycles. The molecular weight excluding hydrogens is 144 g/mol. The highest BCUT2D eigenvalue weighted by Crippen LogP contribution is 2.09. The van der Waals surface area contributed by atoms with Crippen molar-refractivity contribution in [3.8, 4) is 0 Å². The molecule has 0 rings (SSSR count). The second-order valence-corrected chi connectivity index (χ2v) is 2.79. The maximum Gasteiger partial charge on any atom is 0.420 e. The molecule has 0 saturated carbocycles. The summed E-state index contributed by atoms with van der Waals surface area (Å²) in [5.41, 5.74) is 0. The molecule has 11 heavy (non-hydrogen) atoms. The Morgan fingerprint density at radius 1 is 1.45 bits per heavy atom. The van der Waals surface area contributed by atoms with Crippen LogP contribution in [0.4, 0.5) is 0 Å². The number of ether oxygens (including phenoxy) is 2. The summed E-state index contributed by atoms with van der Waals surface area (Å²) in [6.45, 7) is 7.42. The van der Waals surface area contributed by atoms with E-state index in [9.17, 15) is 4.79 Å². The van der Waals surface area contributed by atoms with Gasteiger partial charge in [-0.3, -0.25) is 0 Å². The fourth-order valence-electron chi connectivity index (χ4n) is 0.592. The van der Waals surface area contributed by atoms with E-state index >= 15 is 0 Å². The van der Waals surface area contributed by atoms with Crippen LogP contribution in [-0.4, -0.2) is 18.9 Å². The monoisotopic (exact) mass is 159 g/mol. The Morgan fingerprint density at radius 3 is 2.55 bits per heavy atom. The van der Waals surface area contributed by atoms with Crippen LogP contribution in [0.2, 0.25) is 0 Å². The summed E-state index contributed by atoms with van der Waals surface area (Å²) in [5.74, 6) is -0.822. The maximum absolute atomic E-state index is 9.83. The smallest absolute Gasteiger partial charge is 0.420 e. The molecular formula is C8H15O3. The lowest BCUT2D eigenvalue weighted by Crippen LogP contribution is -2.28. The Balaban J connectivity index is 3.45. The summed E-state index contributed by atoms with van der Waals surface area (Å²) in [6, 6.07) is 0. The fourth-order valence-corrected chi connectivity index (χ4v) is 0.592. The van der Waals surface area contributed by atoms with Gasteiger partial charge < -0.3 is 9.47 Å². The van der Waals surface area contributed by atoms with Crippen LogP contribution in [0.1, 0.15) is 33.6 Å². The lowest BCUT2D eigenvalue weighted by molar-refractivity contribution is -0.165. The summed E-state index contributed by atoms with van der Waals surface area (Å²) < 4.78 is 9.77. The van der Waals surface area contributed by atoms with Crippen molar-refractivity contribution in [2.45, 2.75) is 39.4 Å². The van der Waals surface area contributed by atoms with E-state index in [1.165, 1.54) is 6.47 Å². The largest absolute Gasteiger partial charge is 0.425 e. The van der Waals surface area contributed by atoms with Gasteiger partial charge in [-0.2, -0.15) is 0 Å². The minimum absolute atomic E-state index is 0.616. The molecule has 0 spiro atoms. The minimum Gasteiger partial charge on any atom is -0.425 e. The van der Waals surface area contributed by atoms with E-state index in [1.54, 1.807) is 13.8 Å². The van der Waals surface area contributed by atoms with E-state index in [2.05, 4.69) is 11.7 Å². The van der Waals surface area contributed by atoms with Crippen LogP contribution in [0.15, 0.2) is 0 Å². The lowest BCUT2D eigenvalue weighted by atomic mass is 10.3. The lowest BCUT2D eigenvalue weighted by Gasteiger charge is -2.21. The predicted octanol–water partition coefficient (Wildman–Crippen LogP) is 1.62. The molecule has 0 bridgehead atoms. The highest BCUT2D eigenvalue weighted by molar-refractivity contribution is 5.38. The van der Waals surface area contributed by atoms with Crippen LogP contribution in [0.25, 0.3) is 0 Å². The van der Waals surface area contributed by atoms with Crippen molar-refractivity contribution in [2.24, 2.45) is 0 Å². The zero-order chi connectivity index (χ0) is 8.74. The van der Waals surface area contributed by atoms with Gasteiger partial charge in [0.2, 0.25) is 5.79 Å². The second-order valence-electron chi connectivity index (χ2n) is 2.79. The van der Waals surface area contributed by atoms with Crippen LogP contribution in [-0.2, 0) is 14.3 Å². The van der Waals surface area contributed by atoms with E-state index in [4.69, 9.17) is 4.74 Å². The van der Waals surface area contributed by atoms with Gasteiger partial charge >= 0.3 is 6.47 Å². The van der Waals surface area contributed by atoms with Gasteiger partial charge in [-0.1, -0.05) is 13.3 Å². The Morgan fingerprint density at radius 2 is 2.09 bits per heavy atom. The third-order valence-electron chi connectivity index (χ3n) is 1.24. The molecule has 0 unspecified atom stereocenters. The van der Waals surface area contributed by atoms with Crippen LogP contribution in [0, 0.1) is 0 Å². The molecule has 0 fully saturated rings. The first-order valence-corrected chi connectivity index (χ1v) is 3.81. The first-order chi connectivity index (χ1) is 5.12. The summed E-state index contributed by atoms with van der Waals surface area (Å²) in [7, 11) is 0. The average Bonchev–Trinajstić information content (AvgIpc) is 1.87. The predicted molar refractivity (Wildman–Crippen MR) is 41.7 cm³/mol. The van der Waals surface area contributed by atoms with Crippen molar-refractivity contribution in [3.05, 3.63) is 0 Å². The number of rotatable bonds is 6. The van der Waals surface area contributed by atoms with Crippen molar-refractivity contribution in [1.82, 2.24) is 0 Å². The average molecular weight is 159 g/mol. The fraction of sp³-hybridized carbons (Fsp3) is 0.875. The van der Waals surface area contributed by atoms with Crippen LogP contribution in [0.5, 0.6) is 0 Å². The molecule has 65 valence electrons.